The molecule has 1 atom stereocenters. The normalized spacial score (nSPS) is 26.9. The Kier molecular flexibility index (Phi) is 4.62. The molecule has 0 bridgehead atoms. The van der Waals surface area contributed by atoms with Crippen molar-refractivity contribution in [1.82, 2.24) is 0 Å². The van der Waals surface area contributed by atoms with Gasteiger partial charge in [0.1, 0.15) is 5.82 Å². The lowest BCUT2D eigenvalue weighted by Crippen LogP contribution is -2.45. The van der Waals surface area contributed by atoms with Crippen molar-refractivity contribution in [1.29, 1.82) is 0 Å². The van der Waals surface area contributed by atoms with E-state index in [0.29, 0.717) is 5.92 Å². The molecule has 1 aliphatic carbocycles. The van der Waals surface area contributed by atoms with Gasteiger partial charge in [0.05, 0.1) is 0 Å². The van der Waals surface area contributed by atoms with Gasteiger partial charge in [0.25, 0.3) is 0 Å². The zero-order valence-electron chi connectivity index (χ0n) is 12.2. The molecule has 0 aliphatic heterocycles. The second kappa shape index (κ2) is 6.04. The van der Waals surface area contributed by atoms with Gasteiger partial charge in [-0.3, -0.25) is 0 Å². The van der Waals surface area contributed by atoms with Crippen LogP contribution in [0.1, 0.15) is 57.9 Å². The fraction of sp³-hybridized carbons (Fsp3) is 0.647. The van der Waals surface area contributed by atoms with E-state index in [9.17, 15) is 4.39 Å². The zero-order valence-corrected chi connectivity index (χ0v) is 12.2. The first-order valence-corrected chi connectivity index (χ1v) is 7.65. The number of halogens is 1. The average Bonchev–Trinajstić information content (AvgIpc) is 2.46. The molecule has 1 fully saturated rings. The van der Waals surface area contributed by atoms with Crippen molar-refractivity contribution < 1.29 is 4.39 Å². The van der Waals surface area contributed by atoms with Crippen molar-refractivity contribution in [2.75, 3.05) is 0 Å². The molecule has 1 aromatic rings. The highest BCUT2D eigenvalue weighted by Crippen LogP contribution is 2.42. The molecule has 2 rings (SSSR count). The molecule has 0 aromatic heterocycles. The summed E-state index contributed by atoms with van der Waals surface area (Å²) >= 11 is 0. The lowest BCUT2D eigenvalue weighted by Gasteiger charge is -2.41. The Bertz CT molecular complexity index is 409. The van der Waals surface area contributed by atoms with Crippen molar-refractivity contribution in [2.45, 2.75) is 57.9 Å². The van der Waals surface area contributed by atoms with E-state index in [1.54, 1.807) is 12.1 Å². The summed E-state index contributed by atoms with van der Waals surface area (Å²) < 4.78 is 13.5. The molecule has 0 spiro atoms. The molecule has 0 saturated heterocycles. The fourth-order valence-corrected chi connectivity index (χ4v) is 3.59. The summed E-state index contributed by atoms with van der Waals surface area (Å²) in [6.07, 6.45) is 7.05. The minimum absolute atomic E-state index is 0.178. The summed E-state index contributed by atoms with van der Waals surface area (Å²) in [5, 5.41) is 0. The summed E-state index contributed by atoms with van der Waals surface area (Å²) in [7, 11) is 0. The van der Waals surface area contributed by atoms with Gasteiger partial charge in [0.2, 0.25) is 0 Å². The first kappa shape index (κ1) is 14.5. The second-order valence-electron chi connectivity index (χ2n) is 6.03. The molecule has 0 amide bonds. The van der Waals surface area contributed by atoms with E-state index in [2.05, 4.69) is 13.8 Å². The minimum Gasteiger partial charge on any atom is -0.321 e. The van der Waals surface area contributed by atoms with Crippen molar-refractivity contribution >= 4 is 0 Å². The van der Waals surface area contributed by atoms with Crippen molar-refractivity contribution in [3.63, 3.8) is 0 Å². The summed E-state index contributed by atoms with van der Waals surface area (Å²) in [5.74, 6) is 1.18. The van der Waals surface area contributed by atoms with Crippen LogP contribution in [0.4, 0.5) is 4.39 Å². The van der Waals surface area contributed by atoms with E-state index >= 15 is 0 Å². The molecular weight excluding hydrogens is 237 g/mol. The lowest BCUT2D eigenvalue weighted by molar-refractivity contribution is 0.165. The Morgan fingerprint density at radius 1 is 1.21 bits per heavy atom. The van der Waals surface area contributed by atoms with Crippen LogP contribution in [-0.2, 0) is 5.54 Å². The maximum atomic E-state index is 13.5. The standard InChI is InChI=1S/C17H26FN/c1-3-13-8-10-14(11-9-13)17(19,4-2)15-6-5-7-16(18)12-15/h5-7,12-14H,3-4,8-11,19H2,1-2H3. The summed E-state index contributed by atoms with van der Waals surface area (Å²) in [4.78, 5) is 0. The molecule has 1 nitrogen and oxygen atoms in total. The molecule has 19 heavy (non-hydrogen) atoms. The van der Waals surface area contributed by atoms with Crippen molar-refractivity contribution in [3.8, 4) is 0 Å². The van der Waals surface area contributed by atoms with Gasteiger partial charge in [-0.2, -0.15) is 0 Å². The molecule has 1 aliphatic rings. The van der Waals surface area contributed by atoms with E-state index in [0.717, 1.165) is 17.9 Å². The average molecular weight is 263 g/mol. The fourth-order valence-electron chi connectivity index (χ4n) is 3.59. The monoisotopic (exact) mass is 263 g/mol. The maximum Gasteiger partial charge on any atom is 0.123 e. The van der Waals surface area contributed by atoms with E-state index in [1.807, 2.05) is 6.07 Å². The number of hydrogen-bond donors (Lipinski definition) is 1. The van der Waals surface area contributed by atoms with E-state index in [1.165, 1.54) is 38.2 Å². The maximum absolute atomic E-state index is 13.5. The highest BCUT2D eigenvalue weighted by atomic mass is 19.1. The third-order valence-electron chi connectivity index (χ3n) is 5.10. The third-order valence-corrected chi connectivity index (χ3v) is 5.10. The Morgan fingerprint density at radius 3 is 2.42 bits per heavy atom. The van der Waals surface area contributed by atoms with Crippen LogP contribution < -0.4 is 5.73 Å². The number of hydrogen-bond acceptors (Lipinski definition) is 1. The number of rotatable bonds is 4. The van der Waals surface area contributed by atoms with Gasteiger partial charge in [0.15, 0.2) is 0 Å². The van der Waals surface area contributed by atoms with Crippen LogP contribution in [0.25, 0.3) is 0 Å². The van der Waals surface area contributed by atoms with Crippen molar-refractivity contribution in [2.24, 2.45) is 17.6 Å². The van der Waals surface area contributed by atoms with E-state index < -0.39 is 0 Å². The lowest BCUT2D eigenvalue weighted by atomic mass is 9.68. The first-order valence-electron chi connectivity index (χ1n) is 7.65. The number of nitrogens with two attached hydrogens (primary N) is 1. The number of benzene rings is 1. The smallest absolute Gasteiger partial charge is 0.123 e. The van der Waals surface area contributed by atoms with Gasteiger partial charge in [0, 0.05) is 5.54 Å². The Labute approximate surface area is 116 Å². The SMILES string of the molecule is CCC1CCC(C(N)(CC)c2cccc(F)c2)CC1. The molecule has 0 heterocycles. The molecule has 1 saturated carbocycles. The molecule has 2 heteroatoms. The van der Waals surface area contributed by atoms with Gasteiger partial charge in [-0.25, -0.2) is 4.39 Å². The minimum atomic E-state index is -0.360. The summed E-state index contributed by atoms with van der Waals surface area (Å²) in [5.41, 5.74) is 7.29. The zero-order chi connectivity index (χ0) is 13.9. The third kappa shape index (κ3) is 3.00. The van der Waals surface area contributed by atoms with Crippen LogP contribution in [0.5, 0.6) is 0 Å². The topological polar surface area (TPSA) is 26.0 Å². The van der Waals surface area contributed by atoms with E-state index in [4.69, 9.17) is 5.73 Å². The van der Waals surface area contributed by atoms with Crippen LogP contribution >= 0.6 is 0 Å². The Morgan fingerprint density at radius 2 is 1.89 bits per heavy atom. The van der Waals surface area contributed by atoms with Crippen LogP contribution in [-0.4, -0.2) is 0 Å². The van der Waals surface area contributed by atoms with Gasteiger partial charge in [-0.05, 0) is 48.8 Å². The predicted octanol–water partition coefficient (Wildman–Crippen LogP) is 4.61. The first-order chi connectivity index (χ1) is 9.10. The molecule has 2 N–H and O–H groups in total. The predicted molar refractivity (Wildman–Crippen MR) is 78.3 cm³/mol. The van der Waals surface area contributed by atoms with Gasteiger partial charge >= 0.3 is 0 Å². The van der Waals surface area contributed by atoms with Crippen LogP contribution in [0.15, 0.2) is 24.3 Å². The van der Waals surface area contributed by atoms with Crippen LogP contribution in [0, 0.1) is 17.7 Å². The molecule has 1 aromatic carbocycles. The van der Waals surface area contributed by atoms with Gasteiger partial charge < -0.3 is 5.73 Å². The Balaban J connectivity index is 2.18. The highest BCUT2D eigenvalue weighted by Gasteiger charge is 2.37. The highest BCUT2D eigenvalue weighted by molar-refractivity contribution is 5.26. The quantitative estimate of drug-likeness (QED) is 0.843. The van der Waals surface area contributed by atoms with Crippen molar-refractivity contribution in [3.05, 3.63) is 35.6 Å². The summed E-state index contributed by atoms with van der Waals surface area (Å²) in [6, 6.07) is 6.88. The molecule has 0 radical (unpaired) electrons. The molecule has 106 valence electrons. The largest absolute Gasteiger partial charge is 0.321 e. The second-order valence-corrected chi connectivity index (χ2v) is 6.03. The molecule has 1 unspecified atom stereocenters. The van der Waals surface area contributed by atoms with E-state index in [-0.39, 0.29) is 11.4 Å². The summed E-state index contributed by atoms with van der Waals surface area (Å²) in [6.45, 7) is 4.39. The Hall–Kier alpha value is -0.890. The van der Waals surface area contributed by atoms with Gasteiger partial charge in [-0.1, -0.05) is 45.2 Å². The van der Waals surface area contributed by atoms with Crippen LogP contribution in [0.3, 0.4) is 0 Å². The van der Waals surface area contributed by atoms with Crippen LogP contribution in [0.2, 0.25) is 0 Å². The molecular formula is C17H26FN. The van der Waals surface area contributed by atoms with Gasteiger partial charge in [-0.15, -0.1) is 0 Å².